The van der Waals surface area contributed by atoms with Gasteiger partial charge in [-0.25, -0.2) is 10.9 Å². The van der Waals surface area contributed by atoms with Crippen LogP contribution in [0.5, 0.6) is 11.5 Å². The summed E-state index contributed by atoms with van der Waals surface area (Å²) in [5, 5.41) is 27.5. The van der Waals surface area contributed by atoms with Gasteiger partial charge >= 0.3 is 0 Å². The fourth-order valence-corrected chi connectivity index (χ4v) is 2.49. The first-order chi connectivity index (χ1) is 13.9. The van der Waals surface area contributed by atoms with E-state index in [1.807, 2.05) is 0 Å². The number of phenols is 2. The number of phenolic OH excluding ortho intramolecular Hbond substituents is 2. The number of para-hydroxylation sites is 2. The van der Waals surface area contributed by atoms with Crippen molar-refractivity contribution in [3.8, 4) is 11.5 Å². The number of nitrogens with one attached hydrogen (secondary N) is 2. The Labute approximate surface area is 169 Å². The van der Waals surface area contributed by atoms with E-state index in [1.54, 1.807) is 50.2 Å². The van der Waals surface area contributed by atoms with Crippen LogP contribution in [0.15, 0.2) is 58.7 Å². The van der Waals surface area contributed by atoms with Crippen LogP contribution in [0.3, 0.4) is 0 Å². The zero-order valence-corrected chi connectivity index (χ0v) is 16.3. The van der Waals surface area contributed by atoms with Gasteiger partial charge in [-0.15, -0.1) is 0 Å². The van der Waals surface area contributed by atoms with Crippen molar-refractivity contribution < 1.29 is 19.8 Å². The van der Waals surface area contributed by atoms with E-state index in [1.165, 1.54) is 12.1 Å². The second-order valence-electron chi connectivity index (χ2n) is 6.35. The number of rotatable bonds is 8. The van der Waals surface area contributed by atoms with E-state index in [4.69, 9.17) is 0 Å². The van der Waals surface area contributed by atoms with Crippen LogP contribution in [0, 0.1) is 0 Å². The molecule has 0 saturated carbocycles. The van der Waals surface area contributed by atoms with E-state index < -0.39 is 0 Å². The SMILES string of the molecule is C/C(=N/NC(=O)CCCC(=O)N/N=C(/C)c1ccccc1O)c1ccccc1O. The highest BCUT2D eigenvalue weighted by molar-refractivity contribution is 6.02. The molecular weight excluding hydrogens is 372 g/mol. The zero-order valence-electron chi connectivity index (χ0n) is 16.3. The number of hydrogen-bond acceptors (Lipinski definition) is 6. The molecule has 0 atom stereocenters. The van der Waals surface area contributed by atoms with Gasteiger partial charge in [-0.3, -0.25) is 9.59 Å². The Morgan fingerprint density at radius 3 is 1.52 bits per heavy atom. The van der Waals surface area contributed by atoms with E-state index in [0.717, 1.165) is 0 Å². The number of carbonyl (C=O) groups excluding carboxylic acids is 2. The van der Waals surface area contributed by atoms with Gasteiger partial charge in [-0.1, -0.05) is 24.3 Å². The summed E-state index contributed by atoms with van der Waals surface area (Å²) in [5.74, 6) is -0.499. The lowest BCUT2D eigenvalue weighted by molar-refractivity contribution is -0.122. The fraction of sp³-hybridized carbons (Fsp3) is 0.238. The molecule has 0 aromatic heterocycles. The van der Waals surface area contributed by atoms with E-state index in [0.29, 0.717) is 29.0 Å². The van der Waals surface area contributed by atoms with Gasteiger partial charge in [0.05, 0.1) is 11.4 Å². The van der Waals surface area contributed by atoms with Crippen LogP contribution in [0.4, 0.5) is 0 Å². The minimum atomic E-state index is -0.332. The normalized spacial score (nSPS) is 11.8. The van der Waals surface area contributed by atoms with Crippen LogP contribution >= 0.6 is 0 Å². The molecule has 0 aliphatic heterocycles. The summed E-state index contributed by atoms with van der Waals surface area (Å²) in [6, 6.07) is 13.4. The molecule has 4 N–H and O–H groups in total. The predicted molar refractivity (Wildman–Crippen MR) is 111 cm³/mol. The summed E-state index contributed by atoms with van der Waals surface area (Å²) < 4.78 is 0. The van der Waals surface area contributed by atoms with Crippen LogP contribution in [-0.2, 0) is 9.59 Å². The van der Waals surface area contributed by atoms with Crippen molar-refractivity contribution in [2.45, 2.75) is 33.1 Å². The number of hydrazone groups is 2. The van der Waals surface area contributed by atoms with Crippen molar-refractivity contribution in [3.63, 3.8) is 0 Å². The Kier molecular flexibility index (Phi) is 7.90. The molecule has 0 spiro atoms. The van der Waals surface area contributed by atoms with E-state index in [2.05, 4.69) is 21.1 Å². The molecule has 0 radical (unpaired) electrons. The topological polar surface area (TPSA) is 123 Å². The Morgan fingerprint density at radius 1 is 0.759 bits per heavy atom. The van der Waals surface area contributed by atoms with Crippen molar-refractivity contribution in [3.05, 3.63) is 59.7 Å². The molecule has 2 aromatic carbocycles. The Bertz CT molecular complexity index is 862. The number of nitrogens with zero attached hydrogens (tertiary/aromatic N) is 2. The number of aromatic hydroxyl groups is 2. The van der Waals surface area contributed by atoms with Gasteiger partial charge in [0.2, 0.25) is 11.8 Å². The lowest BCUT2D eigenvalue weighted by Gasteiger charge is -2.05. The van der Waals surface area contributed by atoms with Gasteiger partial charge in [0.25, 0.3) is 0 Å². The van der Waals surface area contributed by atoms with Gasteiger partial charge < -0.3 is 10.2 Å². The summed E-state index contributed by atoms with van der Waals surface area (Å²) in [5.41, 5.74) is 6.84. The maximum Gasteiger partial charge on any atom is 0.240 e. The minimum absolute atomic E-state index is 0.0827. The summed E-state index contributed by atoms with van der Waals surface area (Å²) >= 11 is 0. The zero-order chi connectivity index (χ0) is 21.2. The summed E-state index contributed by atoms with van der Waals surface area (Å²) in [6.45, 7) is 3.35. The highest BCUT2D eigenvalue weighted by Crippen LogP contribution is 2.17. The monoisotopic (exact) mass is 396 g/mol. The maximum absolute atomic E-state index is 11.9. The quantitative estimate of drug-likeness (QED) is 0.404. The molecule has 0 aliphatic carbocycles. The first kappa shape index (κ1) is 21.6. The van der Waals surface area contributed by atoms with Gasteiger partial charge in [0.1, 0.15) is 11.5 Å². The van der Waals surface area contributed by atoms with Crippen LogP contribution in [-0.4, -0.2) is 33.5 Å². The van der Waals surface area contributed by atoms with Crippen molar-refractivity contribution >= 4 is 23.2 Å². The molecule has 0 heterocycles. The number of benzene rings is 2. The van der Waals surface area contributed by atoms with Crippen molar-refractivity contribution in [1.29, 1.82) is 0 Å². The third-order valence-corrected chi connectivity index (χ3v) is 4.09. The highest BCUT2D eigenvalue weighted by Gasteiger charge is 2.08. The lowest BCUT2D eigenvalue weighted by atomic mass is 10.1. The van der Waals surface area contributed by atoms with E-state index >= 15 is 0 Å². The molecular formula is C21H24N4O4. The molecule has 152 valence electrons. The molecule has 8 heteroatoms. The number of hydrogen-bond donors (Lipinski definition) is 4. The summed E-state index contributed by atoms with van der Waals surface area (Å²) in [6.07, 6.45) is 0.564. The molecule has 2 rings (SSSR count). The molecule has 2 amide bonds. The van der Waals surface area contributed by atoms with Crippen LogP contribution in [0.1, 0.15) is 44.2 Å². The molecule has 8 nitrogen and oxygen atoms in total. The highest BCUT2D eigenvalue weighted by atomic mass is 16.3. The Hall–Kier alpha value is -3.68. The molecule has 29 heavy (non-hydrogen) atoms. The third kappa shape index (κ3) is 6.76. The molecule has 0 saturated heterocycles. The maximum atomic E-state index is 11.9. The van der Waals surface area contributed by atoms with Gasteiger partial charge in [-0.05, 0) is 44.5 Å². The first-order valence-electron chi connectivity index (χ1n) is 9.11. The van der Waals surface area contributed by atoms with Gasteiger partial charge in [0, 0.05) is 24.0 Å². The Morgan fingerprint density at radius 2 is 1.14 bits per heavy atom. The lowest BCUT2D eigenvalue weighted by Crippen LogP contribution is -2.22. The summed E-state index contributed by atoms with van der Waals surface area (Å²) in [7, 11) is 0. The van der Waals surface area contributed by atoms with E-state index in [-0.39, 0.29) is 36.2 Å². The minimum Gasteiger partial charge on any atom is -0.507 e. The van der Waals surface area contributed by atoms with Gasteiger partial charge in [-0.2, -0.15) is 10.2 Å². The standard InChI is InChI=1S/C21H24N4O4/c1-14(16-8-3-5-10-18(16)26)22-24-20(28)12-7-13-21(29)25-23-15(2)17-9-4-6-11-19(17)27/h3-6,8-11,26-27H,7,12-13H2,1-2H3,(H,24,28)(H,25,29)/b22-14-,23-15-. The van der Waals surface area contributed by atoms with Crippen molar-refractivity contribution in [1.82, 2.24) is 10.9 Å². The second kappa shape index (κ2) is 10.6. The molecule has 0 aliphatic rings. The van der Waals surface area contributed by atoms with Crippen molar-refractivity contribution in [2.24, 2.45) is 10.2 Å². The first-order valence-corrected chi connectivity index (χ1v) is 9.11. The molecule has 2 aromatic rings. The predicted octanol–water partition coefficient (Wildman–Crippen LogP) is 2.65. The molecule has 0 bridgehead atoms. The second-order valence-corrected chi connectivity index (χ2v) is 6.35. The molecule has 0 unspecified atom stereocenters. The summed E-state index contributed by atoms with van der Waals surface area (Å²) in [4.78, 5) is 23.7. The van der Waals surface area contributed by atoms with E-state index in [9.17, 15) is 19.8 Å². The molecule has 0 fully saturated rings. The number of amides is 2. The van der Waals surface area contributed by atoms with Gasteiger partial charge in [0.15, 0.2) is 0 Å². The van der Waals surface area contributed by atoms with Crippen LogP contribution in [0.25, 0.3) is 0 Å². The van der Waals surface area contributed by atoms with Crippen LogP contribution in [0.2, 0.25) is 0 Å². The van der Waals surface area contributed by atoms with Crippen LogP contribution < -0.4 is 10.9 Å². The fourth-order valence-electron chi connectivity index (χ4n) is 2.49. The number of carbonyl (C=O) groups is 2. The third-order valence-electron chi connectivity index (χ3n) is 4.09. The Balaban J connectivity index is 1.75. The average Bonchev–Trinajstić information content (AvgIpc) is 2.71. The van der Waals surface area contributed by atoms with Crippen molar-refractivity contribution in [2.75, 3.05) is 0 Å². The largest absolute Gasteiger partial charge is 0.507 e. The average molecular weight is 396 g/mol. The smallest absolute Gasteiger partial charge is 0.240 e.